The van der Waals surface area contributed by atoms with E-state index in [1.54, 1.807) is 34.0 Å². The SMILES string of the molecule is c1csc(-c2sc3ccsc3c2-c2nccs2)n1. The van der Waals surface area contributed by atoms with Crippen LogP contribution >= 0.6 is 45.3 Å². The predicted octanol–water partition coefficient (Wildman–Crippen LogP) is 5.21. The molecule has 6 heteroatoms. The van der Waals surface area contributed by atoms with Crippen LogP contribution in [0.3, 0.4) is 0 Å². The zero-order valence-corrected chi connectivity index (χ0v) is 12.3. The van der Waals surface area contributed by atoms with Crippen LogP contribution in [-0.2, 0) is 0 Å². The maximum Gasteiger partial charge on any atom is 0.134 e. The smallest absolute Gasteiger partial charge is 0.134 e. The number of thiophene rings is 2. The Morgan fingerprint density at radius 3 is 2.33 bits per heavy atom. The van der Waals surface area contributed by atoms with Gasteiger partial charge in [0.05, 0.1) is 9.58 Å². The van der Waals surface area contributed by atoms with Crippen LogP contribution in [0.4, 0.5) is 0 Å². The van der Waals surface area contributed by atoms with Crippen molar-refractivity contribution in [2.24, 2.45) is 0 Å². The number of aromatic nitrogens is 2. The molecule has 2 nitrogen and oxygen atoms in total. The van der Waals surface area contributed by atoms with Crippen molar-refractivity contribution in [2.75, 3.05) is 0 Å². The normalized spacial score (nSPS) is 11.3. The fourth-order valence-corrected chi connectivity index (χ4v) is 5.78. The third kappa shape index (κ3) is 1.57. The van der Waals surface area contributed by atoms with Gasteiger partial charge < -0.3 is 0 Å². The van der Waals surface area contributed by atoms with Gasteiger partial charge in [0.2, 0.25) is 0 Å². The zero-order chi connectivity index (χ0) is 11.9. The van der Waals surface area contributed by atoms with Crippen molar-refractivity contribution in [3.05, 3.63) is 34.6 Å². The Morgan fingerprint density at radius 1 is 0.833 bits per heavy atom. The molecule has 4 aromatic rings. The second kappa shape index (κ2) is 4.24. The van der Waals surface area contributed by atoms with E-state index in [0.29, 0.717) is 0 Å². The van der Waals surface area contributed by atoms with Gasteiger partial charge in [0.15, 0.2) is 0 Å². The Labute approximate surface area is 119 Å². The Kier molecular flexibility index (Phi) is 2.54. The molecule has 0 radical (unpaired) electrons. The summed E-state index contributed by atoms with van der Waals surface area (Å²) in [6, 6.07) is 2.18. The molecule has 0 fully saturated rings. The Bertz CT molecular complexity index is 778. The first-order valence-electron chi connectivity index (χ1n) is 5.23. The molecule has 4 rings (SSSR count). The van der Waals surface area contributed by atoms with Crippen molar-refractivity contribution in [3.8, 4) is 20.5 Å². The van der Waals surface area contributed by atoms with Crippen molar-refractivity contribution in [1.29, 1.82) is 0 Å². The molecule has 4 aromatic heterocycles. The van der Waals surface area contributed by atoms with Gasteiger partial charge in [0.1, 0.15) is 10.0 Å². The molecule has 0 saturated carbocycles. The molecular weight excluding hydrogens is 300 g/mol. The predicted molar refractivity (Wildman–Crippen MR) is 81.9 cm³/mol. The van der Waals surface area contributed by atoms with E-state index in [0.717, 1.165) is 10.0 Å². The maximum atomic E-state index is 4.47. The largest absolute Gasteiger partial charge is 0.244 e. The highest BCUT2D eigenvalue weighted by Crippen LogP contribution is 2.47. The Hall–Kier alpha value is -1.08. The van der Waals surface area contributed by atoms with Crippen molar-refractivity contribution in [1.82, 2.24) is 9.97 Å². The summed E-state index contributed by atoms with van der Waals surface area (Å²) in [7, 11) is 0. The first-order valence-corrected chi connectivity index (χ1v) is 8.69. The average molecular weight is 306 g/mol. The quantitative estimate of drug-likeness (QED) is 0.508. The monoisotopic (exact) mass is 306 g/mol. The molecule has 0 aliphatic heterocycles. The fourth-order valence-electron chi connectivity index (χ4n) is 1.85. The summed E-state index contributed by atoms with van der Waals surface area (Å²) in [6.07, 6.45) is 3.72. The van der Waals surface area contributed by atoms with E-state index in [4.69, 9.17) is 0 Å². The van der Waals surface area contributed by atoms with Gasteiger partial charge in [-0.05, 0) is 11.4 Å². The van der Waals surface area contributed by atoms with E-state index in [1.165, 1.54) is 19.8 Å². The van der Waals surface area contributed by atoms with Crippen LogP contribution < -0.4 is 0 Å². The van der Waals surface area contributed by atoms with Crippen LogP contribution in [0.25, 0.3) is 29.9 Å². The number of hydrogen-bond donors (Lipinski definition) is 0. The number of thiazole rings is 2. The van der Waals surface area contributed by atoms with E-state index in [2.05, 4.69) is 21.4 Å². The standard InChI is InChI=1S/C12H6N2S4/c1-4-15-9-7(1)18-10(12-14-3-6-17-12)8(9)11-13-2-5-16-11/h1-6H. The van der Waals surface area contributed by atoms with Crippen LogP contribution in [-0.4, -0.2) is 9.97 Å². The van der Waals surface area contributed by atoms with Crippen LogP contribution in [0.1, 0.15) is 0 Å². The van der Waals surface area contributed by atoms with Crippen molar-refractivity contribution in [2.45, 2.75) is 0 Å². The second-order valence-electron chi connectivity index (χ2n) is 3.59. The van der Waals surface area contributed by atoms with Gasteiger partial charge in [-0.15, -0.1) is 45.3 Å². The number of fused-ring (bicyclic) bond motifs is 1. The number of hydrogen-bond acceptors (Lipinski definition) is 6. The van der Waals surface area contributed by atoms with E-state index in [-0.39, 0.29) is 0 Å². The van der Waals surface area contributed by atoms with Gasteiger partial charge in [0, 0.05) is 33.4 Å². The summed E-state index contributed by atoms with van der Waals surface area (Å²) >= 11 is 6.97. The molecule has 0 amide bonds. The molecule has 0 unspecified atom stereocenters. The fraction of sp³-hybridized carbons (Fsp3) is 0. The molecule has 0 atom stereocenters. The highest BCUT2D eigenvalue weighted by atomic mass is 32.1. The summed E-state index contributed by atoms with van der Waals surface area (Å²) in [5, 5.41) is 8.37. The lowest BCUT2D eigenvalue weighted by Gasteiger charge is -1.96. The summed E-state index contributed by atoms with van der Waals surface area (Å²) in [6.45, 7) is 0. The topological polar surface area (TPSA) is 25.8 Å². The van der Waals surface area contributed by atoms with Crippen molar-refractivity contribution in [3.63, 3.8) is 0 Å². The summed E-state index contributed by atoms with van der Waals surface area (Å²) in [5.74, 6) is 0. The minimum atomic E-state index is 1.09. The molecule has 0 N–H and O–H groups in total. The van der Waals surface area contributed by atoms with Crippen molar-refractivity contribution >= 4 is 54.7 Å². The van der Waals surface area contributed by atoms with Gasteiger partial charge in [-0.25, -0.2) is 9.97 Å². The molecule has 0 aromatic carbocycles. The van der Waals surface area contributed by atoms with Gasteiger partial charge in [0.25, 0.3) is 0 Å². The first-order chi connectivity index (χ1) is 8.93. The highest BCUT2D eigenvalue weighted by molar-refractivity contribution is 7.32. The lowest BCUT2D eigenvalue weighted by molar-refractivity contribution is 1.41. The van der Waals surface area contributed by atoms with Crippen LogP contribution in [0.2, 0.25) is 0 Å². The number of rotatable bonds is 2. The molecule has 0 aliphatic rings. The summed E-state index contributed by atoms with van der Waals surface area (Å²) in [5.41, 5.74) is 1.26. The van der Waals surface area contributed by atoms with Crippen LogP contribution in [0.5, 0.6) is 0 Å². The highest BCUT2D eigenvalue weighted by Gasteiger charge is 2.19. The van der Waals surface area contributed by atoms with Gasteiger partial charge in [-0.2, -0.15) is 0 Å². The third-order valence-corrected chi connectivity index (χ3v) is 6.50. The van der Waals surface area contributed by atoms with Crippen LogP contribution in [0, 0.1) is 0 Å². The first kappa shape index (κ1) is 10.8. The van der Waals surface area contributed by atoms with Gasteiger partial charge >= 0.3 is 0 Å². The average Bonchev–Trinajstić information content (AvgIpc) is 3.13. The molecular formula is C12H6N2S4. The van der Waals surface area contributed by atoms with E-state index >= 15 is 0 Å². The van der Waals surface area contributed by atoms with E-state index < -0.39 is 0 Å². The minimum absolute atomic E-state index is 1.09. The minimum Gasteiger partial charge on any atom is -0.244 e. The van der Waals surface area contributed by atoms with Gasteiger partial charge in [-0.1, -0.05) is 0 Å². The zero-order valence-electron chi connectivity index (χ0n) is 8.99. The Morgan fingerprint density at radius 2 is 1.61 bits per heavy atom. The second-order valence-corrected chi connectivity index (χ2v) is 7.35. The molecule has 18 heavy (non-hydrogen) atoms. The van der Waals surface area contributed by atoms with Crippen LogP contribution in [0.15, 0.2) is 34.6 Å². The molecule has 0 spiro atoms. The lowest BCUT2D eigenvalue weighted by Crippen LogP contribution is -1.76. The maximum absolute atomic E-state index is 4.47. The van der Waals surface area contributed by atoms with E-state index in [1.807, 2.05) is 34.5 Å². The van der Waals surface area contributed by atoms with Gasteiger partial charge in [-0.3, -0.25) is 0 Å². The van der Waals surface area contributed by atoms with E-state index in [9.17, 15) is 0 Å². The third-order valence-electron chi connectivity index (χ3n) is 2.57. The molecule has 0 aliphatic carbocycles. The Balaban J connectivity index is 2.08. The number of nitrogens with zero attached hydrogens (tertiary/aromatic N) is 2. The summed E-state index contributed by atoms with van der Waals surface area (Å²) < 4.78 is 2.66. The molecule has 0 saturated heterocycles. The molecule has 0 bridgehead atoms. The molecule has 88 valence electrons. The molecule has 4 heterocycles. The van der Waals surface area contributed by atoms with Crippen molar-refractivity contribution < 1.29 is 0 Å². The summed E-state index contributed by atoms with van der Waals surface area (Å²) in [4.78, 5) is 10.2. The lowest BCUT2D eigenvalue weighted by atomic mass is 10.2.